The van der Waals surface area contributed by atoms with Crippen LogP contribution in [0.2, 0.25) is 0 Å². The lowest BCUT2D eigenvalue weighted by Crippen LogP contribution is -2.11. The summed E-state index contributed by atoms with van der Waals surface area (Å²) in [7, 11) is 0. The fourth-order valence-electron chi connectivity index (χ4n) is 3.63. The molecule has 0 saturated carbocycles. The highest BCUT2D eigenvalue weighted by Gasteiger charge is 2.25. The van der Waals surface area contributed by atoms with Crippen molar-refractivity contribution < 1.29 is 8.78 Å². The number of H-pyrrole nitrogens is 1. The van der Waals surface area contributed by atoms with Gasteiger partial charge in [-0.25, -0.2) is 14.1 Å². The lowest BCUT2D eigenvalue weighted by molar-refractivity contribution is 0.280. The summed E-state index contributed by atoms with van der Waals surface area (Å²) in [5.74, 6) is 1.73. The van der Waals surface area contributed by atoms with Crippen molar-refractivity contribution in [2.45, 2.75) is 49.2 Å². The molecule has 8 nitrogen and oxygen atoms in total. The molecule has 0 amide bonds. The van der Waals surface area contributed by atoms with Crippen molar-refractivity contribution >= 4 is 22.6 Å². The Morgan fingerprint density at radius 3 is 2.68 bits per heavy atom. The van der Waals surface area contributed by atoms with E-state index in [-0.39, 0.29) is 6.42 Å². The van der Waals surface area contributed by atoms with Crippen LogP contribution in [0.1, 0.15) is 47.3 Å². The molecule has 1 aromatic carbocycles. The summed E-state index contributed by atoms with van der Waals surface area (Å²) in [6.45, 7) is 1.94. The van der Waals surface area contributed by atoms with Crippen LogP contribution < -0.4 is 0 Å². The Morgan fingerprint density at radius 1 is 1.15 bits per heavy atom. The minimum atomic E-state index is -1.31. The molecule has 0 spiro atoms. The second kappa shape index (κ2) is 11.5. The maximum absolute atomic E-state index is 14.3. The number of pyridine rings is 1. The first-order valence-electron chi connectivity index (χ1n) is 11.2. The van der Waals surface area contributed by atoms with Gasteiger partial charge in [0.1, 0.15) is 15.9 Å². The Labute approximate surface area is 209 Å². The van der Waals surface area contributed by atoms with Crippen molar-refractivity contribution in [1.29, 1.82) is 0 Å². The van der Waals surface area contributed by atoms with Gasteiger partial charge in [-0.1, -0.05) is 60.2 Å². The zero-order chi connectivity index (χ0) is 23.9. The SMILES string of the molecule is CCCCc1nc(C(I)C(F)CCF)nn1Cc1ccc(-c2ccncc2-c2nn[nH]n2)cc1. The van der Waals surface area contributed by atoms with Gasteiger partial charge in [-0.3, -0.25) is 9.37 Å². The molecule has 0 aliphatic rings. The molecule has 4 rings (SSSR count). The summed E-state index contributed by atoms with van der Waals surface area (Å²) in [6.07, 6.45) is 4.73. The predicted octanol–water partition coefficient (Wildman–Crippen LogP) is 5.08. The van der Waals surface area contributed by atoms with Gasteiger partial charge in [-0.05, 0) is 34.4 Å². The van der Waals surface area contributed by atoms with Gasteiger partial charge in [0.05, 0.1) is 13.2 Å². The van der Waals surface area contributed by atoms with Crippen molar-refractivity contribution in [2.24, 2.45) is 0 Å². The smallest absolute Gasteiger partial charge is 0.206 e. The van der Waals surface area contributed by atoms with E-state index >= 15 is 0 Å². The van der Waals surface area contributed by atoms with E-state index in [1.807, 2.05) is 57.6 Å². The maximum atomic E-state index is 14.3. The molecular weight excluding hydrogens is 553 g/mol. The first-order chi connectivity index (χ1) is 16.6. The van der Waals surface area contributed by atoms with Crippen LogP contribution in [0.3, 0.4) is 0 Å². The van der Waals surface area contributed by atoms with Crippen molar-refractivity contribution in [3.8, 4) is 22.5 Å². The lowest BCUT2D eigenvalue weighted by Gasteiger charge is -2.10. The van der Waals surface area contributed by atoms with Gasteiger partial charge in [0.25, 0.3) is 0 Å². The largest absolute Gasteiger partial charge is 0.264 e. The second-order valence-corrected chi connectivity index (χ2v) is 9.24. The zero-order valence-corrected chi connectivity index (χ0v) is 20.9. The van der Waals surface area contributed by atoms with Crippen molar-refractivity contribution in [1.82, 2.24) is 40.4 Å². The maximum Gasteiger partial charge on any atom is 0.206 e. The summed E-state index contributed by atoms with van der Waals surface area (Å²) < 4.78 is 28.2. The van der Waals surface area contributed by atoms with Crippen molar-refractivity contribution in [2.75, 3.05) is 6.67 Å². The standard InChI is InChI=1S/C23H25F2IN8/c1-2-3-4-20-28-23(21(26)19(25)9-11-24)31-34(20)14-15-5-7-16(8-6-15)17-10-12-27-13-18(17)22-29-32-33-30-22/h5-8,10,12-13,19,21H,2-4,9,11,14H2,1H3,(H,29,30,32,33). The van der Waals surface area contributed by atoms with E-state index in [1.54, 1.807) is 12.4 Å². The van der Waals surface area contributed by atoms with Crippen LogP contribution in [-0.4, -0.2) is 53.2 Å². The van der Waals surface area contributed by atoms with Crippen LogP contribution in [0.5, 0.6) is 0 Å². The summed E-state index contributed by atoms with van der Waals surface area (Å²) in [4.78, 5) is 8.79. The fraction of sp³-hybridized carbons (Fsp3) is 0.391. The monoisotopic (exact) mass is 578 g/mol. The molecule has 178 valence electrons. The number of hydrogen-bond acceptors (Lipinski definition) is 6. The van der Waals surface area contributed by atoms with Crippen LogP contribution in [0.4, 0.5) is 8.78 Å². The molecule has 0 aliphatic heterocycles. The van der Waals surface area contributed by atoms with E-state index in [9.17, 15) is 8.78 Å². The van der Waals surface area contributed by atoms with Gasteiger partial charge in [0.2, 0.25) is 5.82 Å². The molecule has 3 aromatic heterocycles. The molecule has 1 N–H and O–H groups in total. The van der Waals surface area contributed by atoms with E-state index in [0.717, 1.165) is 47.3 Å². The summed E-state index contributed by atoms with van der Waals surface area (Å²) >= 11 is 1.97. The third-order valence-corrected chi connectivity index (χ3v) is 6.81. The average molecular weight is 578 g/mol. The van der Waals surface area contributed by atoms with Gasteiger partial charge in [-0.15, -0.1) is 10.2 Å². The van der Waals surface area contributed by atoms with E-state index in [1.165, 1.54) is 0 Å². The first kappa shape index (κ1) is 24.3. The average Bonchev–Trinajstić information content (AvgIpc) is 3.53. The van der Waals surface area contributed by atoms with E-state index in [4.69, 9.17) is 0 Å². The molecule has 3 heterocycles. The van der Waals surface area contributed by atoms with Gasteiger partial charge in [-0.2, -0.15) is 10.3 Å². The number of nitrogens with zero attached hydrogens (tertiary/aromatic N) is 7. The zero-order valence-electron chi connectivity index (χ0n) is 18.7. The topological polar surface area (TPSA) is 98.1 Å². The number of tetrazole rings is 1. The number of aromatic amines is 1. The number of benzene rings is 1. The molecule has 0 radical (unpaired) electrons. The van der Waals surface area contributed by atoms with Gasteiger partial charge in [0, 0.05) is 30.8 Å². The highest BCUT2D eigenvalue weighted by atomic mass is 127. The highest BCUT2D eigenvalue weighted by Crippen LogP contribution is 2.31. The van der Waals surface area contributed by atoms with Crippen molar-refractivity contribution in [3.63, 3.8) is 0 Å². The van der Waals surface area contributed by atoms with Gasteiger partial charge < -0.3 is 0 Å². The lowest BCUT2D eigenvalue weighted by atomic mass is 10.00. The first-order valence-corrected chi connectivity index (χ1v) is 12.4. The van der Waals surface area contributed by atoms with Gasteiger partial charge >= 0.3 is 0 Å². The molecule has 4 aromatic rings. The molecular formula is C23H25F2IN8. The normalized spacial score (nSPS) is 13.2. The van der Waals surface area contributed by atoms with Crippen molar-refractivity contribution in [3.05, 3.63) is 59.9 Å². The Balaban J connectivity index is 1.57. The van der Waals surface area contributed by atoms with Gasteiger partial charge in [0.15, 0.2) is 5.82 Å². The number of hydrogen-bond donors (Lipinski definition) is 1. The Bertz CT molecular complexity index is 1180. The number of alkyl halides is 3. The Kier molecular flexibility index (Phi) is 8.25. The molecule has 0 bridgehead atoms. The highest BCUT2D eigenvalue weighted by molar-refractivity contribution is 14.1. The number of rotatable bonds is 11. The van der Waals surface area contributed by atoms with E-state index in [0.29, 0.717) is 18.2 Å². The molecule has 0 saturated heterocycles. The van der Waals surface area contributed by atoms with Crippen LogP contribution in [0, 0.1) is 0 Å². The number of nitrogens with one attached hydrogen (secondary N) is 1. The van der Waals surface area contributed by atoms with E-state index in [2.05, 4.69) is 42.6 Å². The quantitative estimate of drug-likeness (QED) is 0.197. The minimum absolute atomic E-state index is 0.144. The number of halogens is 3. The summed E-state index contributed by atoms with van der Waals surface area (Å²) in [5, 5.41) is 18.8. The minimum Gasteiger partial charge on any atom is -0.264 e. The molecule has 2 atom stereocenters. The second-order valence-electron chi connectivity index (χ2n) is 7.90. The predicted molar refractivity (Wildman–Crippen MR) is 133 cm³/mol. The number of unbranched alkanes of at least 4 members (excludes halogenated alkanes) is 1. The Morgan fingerprint density at radius 2 is 1.97 bits per heavy atom. The van der Waals surface area contributed by atoms with Crippen LogP contribution in [-0.2, 0) is 13.0 Å². The summed E-state index contributed by atoms with van der Waals surface area (Å²) in [5.41, 5.74) is 3.77. The van der Waals surface area contributed by atoms with Crippen LogP contribution in [0.25, 0.3) is 22.5 Å². The third-order valence-electron chi connectivity index (χ3n) is 5.47. The van der Waals surface area contributed by atoms with E-state index < -0.39 is 16.8 Å². The Hall–Kier alpha value is -2.83. The molecule has 0 aliphatic carbocycles. The molecule has 11 heteroatoms. The summed E-state index contributed by atoms with van der Waals surface area (Å²) in [6, 6.07) is 10.0. The van der Waals surface area contributed by atoms with Crippen LogP contribution >= 0.6 is 22.6 Å². The number of aromatic nitrogens is 8. The number of aryl methyl sites for hydroxylation is 1. The third kappa shape index (κ3) is 5.62. The fourth-order valence-corrected chi connectivity index (χ4v) is 4.26. The molecule has 34 heavy (non-hydrogen) atoms. The molecule has 0 fully saturated rings. The van der Waals surface area contributed by atoms with Crippen LogP contribution in [0.15, 0.2) is 42.7 Å². The molecule has 2 unspecified atom stereocenters.